The fraction of sp³-hybridized carbons (Fsp3) is 0.792. The van der Waals surface area contributed by atoms with E-state index in [4.69, 9.17) is 15.3 Å². The minimum Gasteiger partial charge on any atom is -0.481 e. The van der Waals surface area contributed by atoms with E-state index in [1.54, 1.807) is 0 Å². The lowest BCUT2D eigenvalue weighted by Gasteiger charge is -2.01. The second-order valence-electron chi connectivity index (χ2n) is 15.6. The van der Waals surface area contributed by atoms with Crippen molar-refractivity contribution in [3.63, 3.8) is 0 Å². The number of hydrogen-bond acceptors (Lipinski definition) is 6. The van der Waals surface area contributed by atoms with E-state index in [0.717, 1.165) is 38.5 Å². The summed E-state index contributed by atoms with van der Waals surface area (Å²) in [6.45, 7) is 5.76. The highest BCUT2D eigenvalue weighted by Crippen LogP contribution is 2.13. The number of unbranched alkanes of at least 4 members (excludes halogenated alkanes) is 26. The summed E-state index contributed by atoms with van der Waals surface area (Å²) in [5, 5.41) is 24.9. The smallest absolute Gasteiger partial charge is 0.310 e. The average Bonchev–Trinajstić information content (AvgIpc) is 3.13. The fourth-order valence-corrected chi connectivity index (χ4v) is 6.22. The summed E-state index contributed by atoms with van der Waals surface area (Å²) in [6.07, 6.45) is 46.9. The molecule has 0 amide bonds. The summed E-state index contributed by atoms with van der Waals surface area (Å²) in [7, 11) is 0. The molecule has 0 saturated carbocycles. The number of Topliss-reactive ketones (excluding diaryl/α,β-unsaturated/α-hetero) is 3. The van der Waals surface area contributed by atoms with Gasteiger partial charge >= 0.3 is 17.9 Å². The fourth-order valence-electron chi connectivity index (χ4n) is 6.22. The Labute approximate surface area is 348 Å². The quantitative estimate of drug-likeness (QED) is 0.0311. The minimum atomic E-state index is -1.06. The Bertz CT molecular complexity index is 951. The Balaban J connectivity index is -0.000000875. The molecule has 0 fully saturated rings. The van der Waals surface area contributed by atoms with Gasteiger partial charge in [0, 0.05) is 12.8 Å². The van der Waals surface area contributed by atoms with Crippen LogP contribution in [-0.4, -0.2) is 50.6 Å². The molecule has 0 radical (unpaired) electrons. The number of aliphatic carboxylic acids is 3. The molecule has 0 heterocycles. The van der Waals surface area contributed by atoms with Crippen LogP contribution >= 0.6 is 0 Å². The molecule has 0 aliphatic heterocycles. The number of hydrogen-bond donors (Lipinski definition) is 3. The van der Waals surface area contributed by atoms with Gasteiger partial charge in [0.05, 0.1) is 0 Å². The topological polar surface area (TPSA) is 163 Å². The summed E-state index contributed by atoms with van der Waals surface area (Å²) in [6, 6.07) is 0. The number of allylic oxidation sites excluding steroid dienone is 4. The Kier molecular flexibility index (Phi) is 50.1. The maximum atomic E-state index is 11.2. The van der Waals surface area contributed by atoms with Crippen molar-refractivity contribution in [3.05, 3.63) is 24.3 Å². The van der Waals surface area contributed by atoms with Crippen LogP contribution in [0.2, 0.25) is 0 Å². The third-order valence-electron chi connectivity index (χ3n) is 9.53. The lowest BCUT2D eigenvalue weighted by atomic mass is 10.0. The predicted octanol–water partition coefficient (Wildman–Crippen LogP) is 13.7. The van der Waals surface area contributed by atoms with E-state index in [2.05, 4.69) is 38.2 Å². The van der Waals surface area contributed by atoms with Crippen LogP contribution in [0.25, 0.3) is 0 Å². The second-order valence-corrected chi connectivity index (χ2v) is 15.6. The summed E-state index contributed by atoms with van der Waals surface area (Å²) in [5.41, 5.74) is 0. The highest BCUT2D eigenvalue weighted by atomic mass is 16.4. The van der Waals surface area contributed by atoms with Crippen molar-refractivity contribution >= 4 is 35.3 Å². The van der Waals surface area contributed by atoms with E-state index in [0.29, 0.717) is 12.8 Å². The largest absolute Gasteiger partial charge is 0.481 e. The van der Waals surface area contributed by atoms with Crippen molar-refractivity contribution in [3.8, 4) is 0 Å². The molecule has 57 heavy (non-hydrogen) atoms. The molecular formula is C48H86O9. The minimum absolute atomic E-state index is 0.139. The number of carboxylic acids is 3. The first kappa shape index (κ1) is 58.2. The molecule has 0 bridgehead atoms. The zero-order valence-corrected chi connectivity index (χ0v) is 36.8. The van der Waals surface area contributed by atoms with Crippen molar-refractivity contribution in [1.29, 1.82) is 0 Å². The Morgan fingerprint density at radius 1 is 0.333 bits per heavy atom. The standard InChI is InChI=1S/2C22H40O3.C4H6O3/c2*1-2-3-4-5-6-7-8-9-10-11-12-13-14-15-16-17-18-19-21(23)20-22(24)25;1-3(5)2-4(6)7/h2*9-10H,2-8,11-20H2,1H3,(H,24,25);2H2,1H3,(H,6,7)/b2*10-9-;. The van der Waals surface area contributed by atoms with Gasteiger partial charge in [0.25, 0.3) is 0 Å². The molecule has 0 aliphatic carbocycles. The van der Waals surface area contributed by atoms with Crippen molar-refractivity contribution in [2.75, 3.05) is 0 Å². The summed E-state index contributed by atoms with van der Waals surface area (Å²) < 4.78 is 0. The van der Waals surface area contributed by atoms with Gasteiger partial charge in [0.2, 0.25) is 0 Å². The number of carbonyl (C=O) groups is 6. The molecule has 9 nitrogen and oxygen atoms in total. The molecule has 0 saturated heterocycles. The zero-order chi connectivity index (χ0) is 43.0. The molecule has 0 aromatic rings. The maximum absolute atomic E-state index is 11.2. The van der Waals surface area contributed by atoms with Crippen molar-refractivity contribution in [1.82, 2.24) is 0 Å². The monoisotopic (exact) mass is 807 g/mol. The van der Waals surface area contributed by atoms with E-state index in [9.17, 15) is 28.8 Å². The summed E-state index contributed by atoms with van der Waals surface area (Å²) in [4.78, 5) is 62.6. The van der Waals surface area contributed by atoms with E-state index in [1.807, 2.05) is 0 Å². The van der Waals surface area contributed by atoms with Crippen LogP contribution in [0.1, 0.15) is 245 Å². The summed E-state index contributed by atoms with van der Waals surface area (Å²) in [5.74, 6) is -3.67. The lowest BCUT2D eigenvalue weighted by molar-refractivity contribution is -0.141. The lowest BCUT2D eigenvalue weighted by Crippen LogP contribution is -2.05. The van der Waals surface area contributed by atoms with Gasteiger partial charge in [-0.1, -0.05) is 167 Å². The average molecular weight is 807 g/mol. The van der Waals surface area contributed by atoms with Crippen LogP contribution in [-0.2, 0) is 28.8 Å². The highest BCUT2D eigenvalue weighted by molar-refractivity contribution is 5.95. The number of carbonyl (C=O) groups excluding carboxylic acids is 3. The SMILES string of the molecule is CC(=O)CC(=O)O.CCCCCCCC/C=C\CCCCCCCCCC(=O)CC(=O)O.CCCCCCCC/C=C\CCCCCCCCCC(=O)CC(=O)O. The van der Waals surface area contributed by atoms with Gasteiger partial charge in [0.1, 0.15) is 36.6 Å². The molecule has 0 aromatic heterocycles. The number of carboxylic acid groups (broad SMARTS) is 3. The van der Waals surface area contributed by atoms with Gasteiger partial charge in [-0.3, -0.25) is 28.8 Å². The second kappa shape index (κ2) is 49.0. The first-order chi connectivity index (χ1) is 27.5. The molecule has 9 heteroatoms. The molecule has 0 aliphatic rings. The molecule has 0 aromatic carbocycles. The number of ketones is 3. The van der Waals surface area contributed by atoms with E-state index >= 15 is 0 Å². The number of rotatable bonds is 40. The first-order valence-electron chi connectivity index (χ1n) is 22.9. The van der Waals surface area contributed by atoms with Crippen LogP contribution in [0.4, 0.5) is 0 Å². The first-order valence-corrected chi connectivity index (χ1v) is 22.9. The molecule has 332 valence electrons. The molecule has 0 unspecified atom stereocenters. The zero-order valence-electron chi connectivity index (χ0n) is 36.8. The van der Waals surface area contributed by atoms with Crippen molar-refractivity contribution in [2.45, 2.75) is 245 Å². The molecule has 0 rings (SSSR count). The van der Waals surface area contributed by atoms with Crippen molar-refractivity contribution in [2.24, 2.45) is 0 Å². The Hall–Kier alpha value is -3.10. The molecule has 0 spiro atoms. The third-order valence-corrected chi connectivity index (χ3v) is 9.53. The summed E-state index contributed by atoms with van der Waals surface area (Å²) >= 11 is 0. The third kappa shape index (κ3) is 62.3. The Morgan fingerprint density at radius 2 is 0.561 bits per heavy atom. The van der Waals surface area contributed by atoms with Gasteiger partial charge in [0.15, 0.2) is 0 Å². The molecule has 3 N–H and O–H groups in total. The van der Waals surface area contributed by atoms with E-state index in [-0.39, 0.29) is 36.6 Å². The highest BCUT2D eigenvalue weighted by Gasteiger charge is 2.07. The van der Waals surface area contributed by atoms with Crippen molar-refractivity contribution < 1.29 is 44.1 Å². The van der Waals surface area contributed by atoms with Gasteiger partial charge < -0.3 is 15.3 Å². The van der Waals surface area contributed by atoms with Gasteiger partial charge in [-0.15, -0.1) is 0 Å². The van der Waals surface area contributed by atoms with Crippen LogP contribution in [0, 0.1) is 0 Å². The van der Waals surface area contributed by atoms with E-state index in [1.165, 1.54) is 161 Å². The van der Waals surface area contributed by atoms with Gasteiger partial charge in [-0.05, 0) is 71.1 Å². The maximum Gasteiger partial charge on any atom is 0.310 e. The molecule has 0 atom stereocenters. The van der Waals surface area contributed by atoms with Crippen LogP contribution in [0.5, 0.6) is 0 Å². The predicted molar refractivity (Wildman–Crippen MR) is 235 cm³/mol. The van der Waals surface area contributed by atoms with E-state index < -0.39 is 17.9 Å². The van der Waals surface area contributed by atoms with Gasteiger partial charge in [-0.25, -0.2) is 0 Å². The van der Waals surface area contributed by atoms with Crippen LogP contribution in [0.15, 0.2) is 24.3 Å². The van der Waals surface area contributed by atoms with Gasteiger partial charge in [-0.2, -0.15) is 0 Å². The van der Waals surface area contributed by atoms with Crippen LogP contribution < -0.4 is 0 Å². The van der Waals surface area contributed by atoms with Crippen LogP contribution in [0.3, 0.4) is 0 Å². The normalized spacial score (nSPS) is 10.9. The molecular weight excluding hydrogens is 721 g/mol. The Morgan fingerprint density at radius 3 is 0.772 bits per heavy atom.